The number of aromatic carboxylic acids is 1. The zero-order chi connectivity index (χ0) is 14.5. The molecule has 2 aromatic rings. The minimum atomic E-state index is -1.06. The summed E-state index contributed by atoms with van der Waals surface area (Å²) in [4.78, 5) is 12.0. The molecule has 0 fully saturated rings. The van der Waals surface area contributed by atoms with Crippen LogP contribution in [-0.2, 0) is 13.0 Å². The molecule has 106 valence electrons. The molecule has 2 N–H and O–H groups in total. The van der Waals surface area contributed by atoms with E-state index in [2.05, 4.69) is 5.32 Å². The van der Waals surface area contributed by atoms with Crippen molar-refractivity contribution in [1.29, 1.82) is 0 Å². The molecule has 1 aromatic carbocycles. The van der Waals surface area contributed by atoms with Gasteiger partial charge in [0.2, 0.25) is 0 Å². The van der Waals surface area contributed by atoms with Gasteiger partial charge in [0.05, 0.1) is 9.90 Å². The van der Waals surface area contributed by atoms with E-state index in [-0.39, 0.29) is 5.56 Å². The minimum Gasteiger partial charge on any atom is -0.478 e. The van der Waals surface area contributed by atoms with Crippen LogP contribution in [0.25, 0.3) is 0 Å². The summed E-state index contributed by atoms with van der Waals surface area (Å²) >= 11 is 7.35. The number of carbonyl (C=O) groups is 1. The van der Waals surface area contributed by atoms with Crippen LogP contribution in [0.4, 0.5) is 4.39 Å². The lowest BCUT2D eigenvalue weighted by Crippen LogP contribution is -2.17. The Morgan fingerprint density at radius 2 is 2.15 bits per heavy atom. The van der Waals surface area contributed by atoms with E-state index in [1.165, 1.54) is 29.5 Å². The number of nitrogens with one attached hydrogen (secondary N) is 1. The van der Waals surface area contributed by atoms with Gasteiger partial charge in [-0.3, -0.25) is 0 Å². The molecule has 2 rings (SSSR count). The van der Waals surface area contributed by atoms with Crippen molar-refractivity contribution in [3.05, 3.63) is 56.5 Å². The standard InChI is InChI=1S/C14H13ClFNO2S/c15-13-4-2-11(20-13)5-6-17-8-10-7-9(14(18)19)1-3-12(10)16/h1-4,7,17H,5-6,8H2,(H,18,19). The molecule has 0 saturated carbocycles. The highest BCUT2D eigenvalue weighted by molar-refractivity contribution is 7.16. The summed E-state index contributed by atoms with van der Waals surface area (Å²) in [5.74, 6) is -1.46. The quantitative estimate of drug-likeness (QED) is 0.802. The van der Waals surface area contributed by atoms with Crippen molar-refractivity contribution in [2.75, 3.05) is 6.54 Å². The second-order valence-corrected chi connectivity index (χ2v) is 6.04. The molecule has 0 aliphatic rings. The maximum Gasteiger partial charge on any atom is 0.335 e. The topological polar surface area (TPSA) is 49.3 Å². The van der Waals surface area contributed by atoms with Crippen LogP contribution in [-0.4, -0.2) is 17.6 Å². The molecule has 0 radical (unpaired) electrons. The fourth-order valence-electron chi connectivity index (χ4n) is 1.76. The van der Waals surface area contributed by atoms with Gasteiger partial charge in [-0.05, 0) is 36.8 Å². The van der Waals surface area contributed by atoms with Gasteiger partial charge in [0.25, 0.3) is 0 Å². The highest BCUT2D eigenvalue weighted by atomic mass is 35.5. The number of carboxylic acid groups (broad SMARTS) is 1. The van der Waals surface area contributed by atoms with Crippen molar-refractivity contribution in [2.45, 2.75) is 13.0 Å². The summed E-state index contributed by atoms with van der Waals surface area (Å²) in [6.07, 6.45) is 0.803. The molecule has 0 bridgehead atoms. The minimum absolute atomic E-state index is 0.0910. The molecule has 0 aliphatic carbocycles. The summed E-state index contributed by atoms with van der Waals surface area (Å²) in [5, 5.41) is 12.0. The highest BCUT2D eigenvalue weighted by Gasteiger charge is 2.08. The maximum absolute atomic E-state index is 13.5. The molecule has 6 heteroatoms. The third-order valence-electron chi connectivity index (χ3n) is 2.79. The van der Waals surface area contributed by atoms with Crippen LogP contribution in [0.5, 0.6) is 0 Å². The normalized spacial score (nSPS) is 10.7. The first kappa shape index (κ1) is 15.0. The Balaban J connectivity index is 1.87. The van der Waals surface area contributed by atoms with Gasteiger partial charge in [-0.2, -0.15) is 0 Å². The average Bonchev–Trinajstić information content (AvgIpc) is 2.82. The SMILES string of the molecule is O=C(O)c1ccc(F)c(CNCCc2ccc(Cl)s2)c1. The lowest BCUT2D eigenvalue weighted by Gasteiger charge is -2.06. The molecule has 3 nitrogen and oxygen atoms in total. The van der Waals surface area contributed by atoms with Crippen molar-refractivity contribution in [3.63, 3.8) is 0 Å². The van der Waals surface area contributed by atoms with E-state index >= 15 is 0 Å². The molecule has 1 heterocycles. The predicted octanol–water partition coefficient (Wildman–Crippen LogP) is 3.57. The molecule has 0 spiro atoms. The largest absolute Gasteiger partial charge is 0.478 e. The maximum atomic E-state index is 13.5. The molecular formula is C14H13ClFNO2S. The van der Waals surface area contributed by atoms with Gasteiger partial charge in [0, 0.05) is 23.5 Å². The summed E-state index contributed by atoms with van der Waals surface area (Å²) in [5.41, 5.74) is 0.447. The summed E-state index contributed by atoms with van der Waals surface area (Å²) < 4.78 is 14.3. The van der Waals surface area contributed by atoms with E-state index in [0.29, 0.717) is 18.7 Å². The first-order chi connectivity index (χ1) is 9.56. The van der Waals surface area contributed by atoms with E-state index in [4.69, 9.17) is 16.7 Å². The van der Waals surface area contributed by atoms with Crippen molar-refractivity contribution >= 4 is 28.9 Å². The summed E-state index contributed by atoms with van der Waals surface area (Å²) in [6.45, 7) is 0.972. The number of benzene rings is 1. The van der Waals surface area contributed by atoms with E-state index in [1.54, 1.807) is 0 Å². The number of thiophene rings is 1. The lowest BCUT2D eigenvalue weighted by molar-refractivity contribution is 0.0696. The Morgan fingerprint density at radius 3 is 2.80 bits per heavy atom. The third kappa shape index (κ3) is 4.03. The van der Waals surface area contributed by atoms with Gasteiger partial charge >= 0.3 is 5.97 Å². The van der Waals surface area contributed by atoms with Gasteiger partial charge in [0.1, 0.15) is 5.82 Å². The molecule has 20 heavy (non-hydrogen) atoms. The molecule has 0 aliphatic heterocycles. The van der Waals surface area contributed by atoms with Crippen LogP contribution in [0.2, 0.25) is 4.34 Å². The van der Waals surface area contributed by atoms with Crippen LogP contribution in [0, 0.1) is 5.82 Å². The van der Waals surface area contributed by atoms with Crippen molar-refractivity contribution in [2.24, 2.45) is 0 Å². The van der Waals surface area contributed by atoms with Crippen LogP contribution >= 0.6 is 22.9 Å². The van der Waals surface area contributed by atoms with Gasteiger partial charge in [-0.15, -0.1) is 11.3 Å². The van der Waals surface area contributed by atoms with Crippen LogP contribution in [0.1, 0.15) is 20.8 Å². The van der Waals surface area contributed by atoms with Crippen LogP contribution in [0.3, 0.4) is 0 Å². The average molecular weight is 314 g/mol. The number of hydrogen-bond acceptors (Lipinski definition) is 3. The van der Waals surface area contributed by atoms with Crippen molar-refractivity contribution < 1.29 is 14.3 Å². The summed E-state index contributed by atoms with van der Waals surface area (Å²) in [6, 6.07) is 7.60. The Hall–Kier alpha value is -1.43. The third-order valence-corrected chi connectivity index (χ3v) is 4.08. The Kier molecular flexibility index (Phi) is 5.11. The zero-order valence-corrected chi connectivity index (χ0v) is 12.1. The first-order valence-corrected chi connectivity index (χ1v) is 7.22. The summed E-state index contributed by atoms with van der Waals surface area (Å²) in [7, 11) is 0. The molecular weight excluding hydrogens is 301 g/mol. The number of halogens is 2. The molecule has 0 atom stereocenters. The van der Waals surface area contributed by atoms with E-state index in [0.717, 1.165) is 15.6 Å². The zero-order valence-electron chi connectivity index (χ0n) is 10.5. The second-order valence-electron chi connectivity index (χ2n) is 4.24. The van der Waals surface area contributed by atoms with Gasteiger partial charge in [-0.25, -0.2) is 9.18 Å². The second kappa shape index (κ2) is 6.83. The van der Waals surface area contributed by atoms with Crippen molar-refractivity contribution in [3.8, 4) is 0 Å². The number of rotatable bonds is 6. The smallest absolute Gasteiger partial charge is 0.335 e. The Morgan fingerprint density at radius 1 is 1.35 bits per heavy atom. The molecule has 0 saturated heterocycles. The van der Waals surface area contributed by atoms with Gasteiger partial charge in [-0.1, -0.05) is 11.6 Å². The lowest BCUT2D eigenvalue weighted by atomic mass is 10.1. The van der Waals surface area contributed by atoms with E-state index in [9.17, 15) is 9.18 Å². The Labute approximate surface area is 125 Å². The molecule has 0 unspecified atom stereocenters. The van der Waals surface area contributed by atoms with Crippen LogP contribution in [0.15, 0.2) is 30.3 Å². The number of carboxylic acids is 1. The fourth-order valence-corrected chi connectivity index (χ4v) is 2.85. The molecule has 1 aromatic heterocycles. The monoisotopic (exact) mass is 313 g/mol. The van der Waals surface area contributed by atoms with E-state index < -0.39 is 11.8 Å². The number of hydrogen-bond donors (Lipinski definition) is 2. The Bertz CT molecular complexity index is 615. The van der Waals surface area contributed by atoms with E-state index in [1.807, 2.05) is 12.1 Å². The van der Waals surface area contributed by atoms with Gasteiger partial charge in [0.15, 0.2) is 0 Å². The predicted molar refractivity (Wildman–Crippen MR) is 78.1 cm³/mol. The first-order valence-electron chi connectivity index (χ1n) is 6.03. The molecule has 0 amide bonds. The van der Waals surface area contributed by atoms with Crippen molar-refractivity contribution in [1.82, 2.24) is 5.32 Å². The van der Waals surface area contributed by atoms with Crippen LogP contribution < -0.4 is 5.32 Å². The fraction of sp³-hybridized carbons (Fsp3) is 0.214. The highest BCUT2D eigenvalue weighted by Crippen LogP contribution is 2.21. The van der Waals surface area contributed by atoms with Gasteiger partial charge < -0.3 is 10.4 Å².